The summed E-state index contributed by atoms with van der Waals surface area (Å²) in [7, 11) is 0. The zero-order valence-electron chi connectivity index (χ0n) is 11.6. The van der Waals surface area contributed by atoms with E-state index >= 15 is 0 Å². The molecule has 0 radical (unpaired) electrons. The van der Waals surface area contributed by atoms with Gasteiger partial charge in [0.15, 0.2) is 5.69 Å². The van der Waals surface area contributed by atoms with Crippen LogP contribution in [0.2, 0.25) is 0 Å². The van der Waals surface area contributed by atoms with Crippen molar-refractivity contribution in [2.45, 2.75) is 19.5 Å². The second-order valence-electron chi connectivity index (χ2n) is 4.89. The average Bonchev–Trinajstić information content (AvgIpc) is 2.88. The standard InChI is InChI=1S/C13H16N6O2/c1-2-18-7-9(3-4-12(18)20)15-13(21)11-8-19(17-16-11)10-5-14-6-10/h3-4,7-8,10,14H,2,5-6H2,1H3,(H,15,21). The van der Waals surface area contributed by atoms with Gasteiger partial charge in [0.1, 0.15) is 0 Å². The van der Waals surface area contributed by atoms with Crippen LogP contribution < -0.4 is 16.2 Å². The summed E-state index contributed by atoms with van der Waals surface area (Å²) in [5.41, 5.74) is 0.719. The van der Waals surface area contributed by atoms with Crippen LogP contribution in [0, 0.1) is 0 Å². The Bertz CT molecular complexity index is 715. The summed E-state index contributed by atoms with van der Waals surface area (Å²) >= 11 is 0. The van der Waals surface area contributed by atoms with Crippen LogP contribution in [0.3, 0.4) is 0 Å². The summed E-state index contributed by atoms with van der Waals surface area (Å²) in [6.45, 7) is 4.09. The molecule has 0 atom stereocenters. The van der Waals surface area contributed by atoms with E-state index in [1.165, 1.54) is 10.6 Å². The molecule has 0 bridgehead atoms. The van der Waals surface area contributed by atoms with Gasteiger partial charge in [-0.1, -0.05) is 5.21 Å². The van der Waals surface area contributed by atoms with E-state index in [1.54, 1.807) is 23.1 Å². The van der Waals surface area contributed by atoms with E-state index in [0.717, 1.165) is 13.1 Å². The third-order valence-corrected chi connectivity index (χ3v) is 3.46. The van der Waals surface area contributed by atoms with E-state index < -0.39 is 0 Å². The Hall–Kier alpha value is -2.48. The quantitative estimate of drug-likeness (QED) is 0.816. The van der Waals surface area contributed by atoms with Crippen LogP contribution in [-0.4, -0.2) is 38.6 Å². The number of nitrogens with zero attached hydrogens (tertiary/aromatic N) is 4. The largest absolute Gasteiger partial charge is 0.319 e. The van der Waals surface area contributed by atoms with Crippen molar-refractivity contribution in [1.82, 2.24) is 24.9 Å². The second-order valence-corrected chi connectivity index (χ2v) is 4.89. The van der Waals surface area contributed by atoms with Crippen LogP contribution in [0.25, 0.3) is 0 Å². The van der Waals surface area contributed by atoms with E-state index in [1.807, 2.05) is 6.92 Å². The van der Waals surface area contributed by atoms with Crippen molar-refractivity contribution in [2.24, 2.45) is 0 Å². The topological polar surface area (TPSA) is 93.8 Å². The molecule has 0 saturated carbocycles. The number of carbonyl (C=O) groups is 1. The third kappa shape index (κ3) is 2.70. The fraction of sp³-hybridized carbons (Fsp3) is 0.385. The molecule has 0 spiro atoms. The molecule has 0 unspecified atom stereocenters. The molecule has 0 aliphatic carbocycles. The van der Waals surface area contributed by atoms with E-state index in [-0.39, 0.29) is 23.2 Å². The summed E-state index contributed by atoms with van der Waals surface area (Å²) in [5.74, 6) is -0.338. The number of amides is 1. The lowest BCUT2D eigenvalue weighted by Gasteiger charge is -2.26. The first-order valence-corrected chi connectivity index (χ1v) is 6.82. The van der Waals surface area contributed by atoms with Crippen molar-refractivity contribution in [1.29, 1.82) is 0 Å². The Morgan fingerprint density at radius 1 is 1.43 bits per heavy atom. The minimum atomic E-state index is -0.338. The molecular formula is C13H16N6O2. The maximum atomic E-state index is 12.1. The SMILES string of the molecule is CCn1cc(NC(=O)c2cn(C3CNC3)nn2)ccc1=O. The molecule has 2 aromatic rings. The van der Waals surface area contributed by atoms with Gasteiger partial charge in [-0.25, -0.2) is 4.68 Å². The number of nitrogens with one attached hydrogen (secondary N) is 2. The van der Waals surface area contributed by atoms with Gasteiger partial charge >= 0.3 is 0 Å². The lowest BCUT2D eigenvalue weighted by atomic mass is 10.2. The number of hydrogen-bond acceptors (Lipinski definition) is 5. The molecule has 110 valence electrons. The number of pyridine rings is 1. The summed E-state index contributed by atoms with van der Waals surface area (Å²) < 4.78 is 3.21. The number of aromatic nitrogens is 4. The maximum Gasteiger partial charge on any atom is 0.277 e. The molecule has 2 aromatic heterocycles. The minimum Gasteiger partial charge on any atom is -0.319 e. The lowest BCUT2D eigenvalue weighted by Crippen LogP contribution is -2.43. The number of carbonyl (C=O) groups excluding carboxylic acids is 1. The van der Waals surface area contributed by atoms with Crippen molar-refractivity contribution in [2.75, 3.05) is 18.4 Å². The van der Waals surface area contributed by atoms with Crippen LogP contribution in [0.15, 0.2) is 29.3 Å². The Morgan fingerprint density at radius 2 is 2.24 bits per heavy atom. The van der Waals surface area contributed by atoms with Gasteiger partial charge in [-0.3, -0.25) is 9.59 Å². The van der Waals surface area contributed by atoms with Crippen molar-refractivity contribution in [3.8, 4) is 0 Å². The van der Waals surface area contributed by atoms with Gasteiger partial charge in [-0.15, -0.1) is 5.10 Å². The molecule has 1 amide bonds. The van der Waals surface area contributed by atoms with Gasteiger partial charge in [0, 0.05) is 31.9 Å². The first-order valence-electron chi connectivity index (χ1n) is 6.82. The van der Waals surface area contributed by atoms with Gasteiger partial charge in [0.2, 0.25) is 0 Å². The number of rotatable bonds is 4. The highest BCUT2D eigenvalue weighted by Crippen LogP contribution is 2.11. The summed E-state index contributed by atoms with van der Waals surface area (Å²) in [6.07, 6.45) is 3.25. The molecule has 2 N–H and O–H groups in total. The highest BCUT2D eigenvalue weighted by molar-refractivity contribution is 6.02. The van der Waals surface area contributed by atoms with Gasteiger partial charge in [0.05, 0.1) is 17.9 Å². The zero-order valence-corrected chi connectivity index (χ0v) is 11.6. The Labute approximate surface area is 120 Å². The first-order chi connectivity index (χ1) is 10.2. The molecule has 1 aliphatic rings. The van der Waals surface area contributed by atoms with Crippen LogP contribution in [0.1, 0.15) is 23.5 Å². The monoisotopic (exact) mass is 288 g/mol. The lowest BCUT2D eigenvalue weighted by molar-refractivity contribution is 0.102. The third-order valence-electron chi connectivity index (χ3n) is 3.46. The fourth-order valence-corrected chi connectivity index (χ4v) is 2.07. The molecule has 1 saturated heterocycles. The van der Waals surface area contributed by atoms with Crippen molar-refractivity contribution in [3.05, 3.63) is 40.6 Å². The van der Waals surface area contributed by atoms with E-state index in [0.29, 0.717) is 12.2 Å². The van der Waals surface area contributed by atoms with Crippen molar-refractivity contribution < 1.29 is 4.79 Å². The molecule has 3 heterocycles. The van der Waals surface area contributed by atoms with Crippen molar-refractivity contribution >= 4 is 11.6 Å². The molecule has 21 heavy (non-hydrogen) atoms. The average molecular weight is 288 g/mol. The van der Waals surface area contributed by atoms with Gasteiger partial charge < -0.3 is 15.2 Å². The van der Waals surface area contributed by atoms with E-state index in [2.05, 4.69) is 20.9 Å². The summed E-state index contributed by atoms with van der Waals surface area (Å²) in [6, 6.07) is 3.27. The number of aryl methyl sites for hydroxylation is 1. The van der Waals surface area contributed by atoms with Crippen LogP contribution in [-0.2, 0) is 6.54 Å². The molecular weight excluding hydrogens is 272 g/mol. The molecule has 1 fully saturated rings. The fourth-order valence-electron chi connectivity index (χ4n) is 2.07. The maximum absolute atomic E-state index is 12.1. The first kappa shape index (κ1) is 13.5. The van der Waals surface area contributed by atoms with Gasteiger partial charge in [-0.2, -0.15) is 0 Å². The van der Waals surface area contributed by atoms with Crippen LogP contribution >= 0.6 is 0 Å². The summed E-state index contributed by atoms with van der Waals surface area (Å²) in [5, 5.41) is 13.7. The molecule has 3 rings (SSSR count). The van der Waals surface area contributed by atoms with Crippen molar-refractivity contribution in [3.63, 3.8) is 0 Å². The zero-order chi connectivity index (χ0) is 14.8. The summed E-state index contributed by atoms with van der Waals surface area (Å²) in [4.78, 5) is 23.6. The molecule has 0 aromatic carbocycles. The van der Waals surface area contributed by atoms with E-state index in [9.17, 15) is 9.59 Å². The highest BCUT2D eigenvalue weighted by Gasteiger charge is 2.21. The predicted octanol–water partition coefficient (Wildman–Crippen LogP) is -0.144. The minimum absolute atomic E-state index is 0.0982. The van der Waals surface area contributed by atoms with E-state index in [4.69, 9.17) is 0 Å². The Kier molecular flexibility index (Phi) is 3.53. The molecule has 1 aliphatic heterocycles. The Balaban J connectivity index is 1.73. The predicted molar refractivity (Wildman–Crippen MR) is 76.3 cm³/mol. The smallest absolute Gasteiger partial charge is 0.277 e. The molecule has 8 nitrogen and oxygen atoms in total. The number of hydrogen-bond donors (Lipinski definition) is 2. The molecule has 8 heteroatoms. The normalized spacial score (nSPS) is 14.7. The highest BCUT2D eigenvalue weighted by atomic mass is 16.2. The van der Waals surface area contributed by atoms with Gasteiger partial charge in [0.25, 0.3) is 11.5 Å². The second kappa shape index (κ2) is 5.49. The number of anilines is 1. The van der Waals surface area contributed by atoms with Gasteiger partial charge in [-0.05, 0) is 13.0 Å². The Morgan fingerprint density at radius 3 is 2.90 bits per heavy atom. The van der Waals surface area contributed by atoms with Crippen LogP contribution in [0.4, 0.5) is 5.69 Å². The van der Waals surface area contributed by atoms with Crippen LogP contribution in [0.5, 0.6) is 0 Å².